The molecule has 0 fully saturated rings. The van der Waals surface area contributed by atoms with Crippen molar-refractivity contribution in [3.8, 4) is 16.9 Å². The zero-order valence-electron chi connectivity index (χ0n) is 21.5. The number of nitrogens with zero attached hydrogens (tertiary/aromatic N) is 1. The second kappa shape index (κ2) is 11.6. The van der Waals surface area contributed by atoms with Gasteiger partial charge in [-0.25, -0.2) is 0 Å². The van der Waals surface area contributed by atoms with Gasteiger partial charge in [-0.2, -0.15) is 13.2 Å². The van der Waals surface area contributed by atoms with Crippen LogP contribution in [0.2, 0.25) is 0 Å². The molecule has 202 valence electrons. The van der Waals surface area contributed by atoms with Crippen molar-refractivity contribution >= 4 is 16.9 Å². The van der Waals surface area contributed by atoms with E-state index < -0.39 is 17.7 Å². The predicted octanol–water partition coefficient (Wildman–Crippen LogP) is 8.11. The SMILES string of the molecule is O=C(O)CCc1ccc(COc2cccc(-c3c(Cc4ccccc4)cnc4c(C(F)(F)F)cccc34)c2)cc1. The van der Waals surface area contributed by atoms with E-state index in [1.165, 1.54) is 6.07 Å². The van der Waals surface area contributed by atoms with E-state index in [4.69, 9.17) is 9.84 Å². The van der Waals surface area contributed by atoms with Crippen molar-refractivity contribution in [2.75, 3.05) is 0 Å². The average Bonchev–Trinajstić information content (AvgIpc) is 2.95. The molecule has 0 radical (unpaired) electrons. The fourth-order valence-corrected chi connectivity index (χ4v) is 4.75. The molecule has 0 atom stereocenters. The third-order valence-electron chi connectivity index (χ3n) is 6.70. The van der Waals surface area contributed by atoms with Crippen LogP contribution in [0.3, 0.4) is 0 Å². The number of fused-ring (bicyclic) bond motifs is 1. The van der Waals surface area contributed by atoms with Gasteiger partial charge in [-0.05, 0) is 64.4 Å². The lowest BCUT2D eigenvalue weighted by Crippen LogP contribution is -2.07. The maximum absolute atomic E-state index is 13.8. The summed E-state index contributed by atoms with van der Waals surface area (Å²) in [5.74, 6) is -0.258. The Hall–Kier alpha value is -4.65. The third-order valence-corrected chi connectivity index (χ3v) is 6.70. The van der Waals surface area contributed by atoms with E-state index in [1.807, 2.05) is 78.9 Å². The van der Waals surface area contributed by atoms with Crippen LogP contribution in [0.5, 0.6) is 5.75 Å². The van der Waals surface area contributed by atoms with Crippen LogP contribution in [-0.2, 0) is 30.4 Å². The monoisotopic (exact) mass is 541 g/mol. The van der Waals surface area contributed by atoms with Gasteiger partial charge in [0.15, 0.2) is 0 Å². The number of aryl methyl sites for hydroxylation is 1. The van der Waals surface area contributed by atoms with E-state index in [-0.39, 0.29) is 18.5 Å². The number of carboxylic acids is 1. The summed E-state index contributed by atoms with van der Waals surface area (Å²) in [6.45, 7) is 0.287. The number of carboxylic acid groups (broad SMARTS) is 1. The molecule has 0 amide bonds. The van der Waals surface area contributed by atoms with Crippen LogP contribution in [0, 0.1) is 0 Å². The number of aliphatic carboxylic acids is 1. The highest BCUT2D eigenvalue weighted by atomic mass is 19.4. The molecule has 0 saturated carbocycles. The molecule has 5 rings (SSSR count). The van der Waals surface area contributed by atoms with Crippen LogP contribution in [0.4, 0.5) is 13.2 Å². The maximum atomic E-state index is 13.8. The van der Waals surface area contributed by atoms with E-state index in [1.54, 1.807) is 12.3 Å². The highest BCUT2D eigenvalue weighted by molar-refractivity contribution is 5.98. The highest BCUT2D eigenvalue weighted by Crippen LogP contribution is 2.39. The topological polar surface area (TPSA) is 59.4 Å². The Bertz CT molecular complexity index is 1630. The average molecular weight is 542 g/mol. The van der Waals surface area contributed by atoms with Gasteiger partial charge in [0.05, 0.1) is 11.1 Å². The molecular weight excluding hydrogens is 515 g/mol. The minimum Gasteiger partial charge on any atom is -0.489 e. The van der Waals surface area contributed by atoms with Crippen molar-refractivity contribution < 1.29 is 27.8 Å². The molecule has 0 saturated heterocycles. The fourth-order valence-electron chi connectivity index (χ4n) is 4.75. The van der Waals surface area contributed by atoms with Crippen molar-refractivity contribution in [3.05, 3.63) is 131 Å². The van der Waals surface area contributed by atoms with E-state index in [0.29, 0.717) is 29.5 Å². The molecule has 0 aliphatic rings. The standard InChI is InChI=1S/C33H26F3NO3/c34-33(35,36)29-11-5-10-28-31(26(20-37-32(28)29)18-23-6-2-1-3-7-23)25-8-4-9-27(19-25)40-21-24-14-12-22(13-15-24)16-17-30(38)39/h1-15,19-20H,16-18,21H2,(H,38,39). The first-order valence-electron chi connectivity index (χ1n) is 12.8. The molecule has 5 aromatic rings. The molecule has 4 aromatic carbocycles. The molecule has 0 spiro atoms. The Morgan fingerprint density at radius 2 is 1.55 bits per heavy atom. The van der Waals surface area contributed by atoms with Crippen molar-refractivity contribution in [2.24, 2.45) is 0 Å². The number of halogens is 3. The first-order chi connectivity index (χ1) is 19.3. The molecule has 7 heteroatoms. The number of hydrogen-bond acceptors (Lipinski definition) is 3. The minimum absolute atomic E-state index is 0.0725. The van der Waals surface area contributed by atoms with Crippen LogP contribution in [0.15, 0.2) is 103 Å². The second-order valence-corrected chi connectivity index (χ2v) is 9.55. The van der Waals surface area contributed by atoms with E-state index in [9.17, 15) is 18.0 Å². The molecule has 1 N–H and O–H groups in total. The van der Waals surface area contributed by atoms with E-state index in [2.05, 4.69) is 4.98 Å². The quantitative estimate of drug-likeness (QED) is 0.205. The molecule has 1 aromatic heterocycles. The molecule has 0 unspecified atom stereocenters. The summed E-state index contributed by atoms with van der Waals surface area (Å²) in [6.07, 6.45) is -1.95. The molecule has 0 aliphatic heterocycles. The van der Waals surface area contributed by atoms with Gasteiger partial charge in [-0.15, -0.1) is 0 Å². The van der Waals surface area contributed by atoms with Crippen LogP contribution < -0.4 is 4.74 Å². The fraction of sp³-hybridized carbons (Fsp3) is 0.152. The number of ether oxygens (including phenoxy) is 1. The summed E-state index contributed by atoms with van der Waals surface area (Å²) in [6, 6.07) is 28.8. The van der Waals surface area contributed by atoms with Gasteiger partial charge >= 0.3 is 12.1 Å². The van der Waals surface area contributed by atoms with Crippen molar-refractivity contribution in [1.29, 1.82) is 0 Å². The van der Waals surface area contributed by atoms with Crippen molar-refractivity contribution in [3.63, 3.8) is 0 Å². The normalized spacial score (nSPS) is 11.5. The number of benzene rings is 4. The smallest absolute Gasteiger partial charge is 0.418 e. The Morgan fingerprint density at radius 3 is 2.27 bits per heavy atom. The number of pyridine rings is 1. The number of hydrogen-bond donors (Lipinski definition) is 1. The lowest BCUT2D eigenvalue weighted by molar-refractivity contribution is -0.137. The molecule has 1 heterocycles. The second-order valence-electron chi connectivity index (χ2n) is 9.55. The number of alkyl halides is 3. The van der Waals surface area contributed by atoms with Gasteiger partial charge in [-0.3, -0.25) is 9.78 Å². The molecule has 0 bridgehead atoms. The third kappa shape index (κ3) is 6.31. The minimum atomic E-state index is -4.53. The van der Waals surface area contributed by atoms with Gasteiger partial charge in [0, 0.05) is 18.0 Å². The van der Waals surface area contributed by atoms with Gasteiger partial charge in [0.1, 0.15) is 12.4 Å². The van der Waals surface area contributed by atoms with Crippen LogP contribution in [-0.4, -0.2) is 16.1 Å². The van der Waals surface area contributed by atoms with Gasteiger partial charge < -0.3 is 9.84 Å². The summed E-state index contributed by atoms with van der Waals surface area (Å²) in [4.78, 5) is 15.1. The number of rotatable bonds is 9. The molecular formula is C33H26F3NO3. The molecule has 40 heavy (non-hydrogen) atoms. The lowest BCUT2D eigenvalue weighted by Gasteiger charge is -2.17. The Kier molecular flexibility index (Phi) is 7.82. The Labute approximate surface area is 229 Å². The Balaban J connectivity index is 1.48. The summed E-state index contributed by atoms with van der Waals surface area (Å²) in [7, 11) is 0. The van der Waals surface area contributed by atoms with Crippen molar-refractivity contribution in [1.82, 2.24) is 4.98 Å². The van der Waals surface area contributed by atoms with Gasteiger partial charge in [0.25, 0.3) is 0 Å². The summed E-state index contributed by atoms with van der Waals surface area (Å²) >= 11 is 0. The summed E-state index contributed by atoms with van der Waals surface area (Å²) in [5.41, 5.74) is 4.25. The first-order valence-corrected chi connectivity index (χ1v) is 12.8. The lowest BCUT2D eigenvalue weighted by atomic mass is 9.92. The van der Waals surface area contributed by atoms with E-state index in [0.717, 1.165) is 33.9 Å². The number of aromatic nitrogens is 1. The Morgan fingerprint density at radius 1 is 0.825 bits per heavy atom. The van der Waals surface area contributed by atoms with E-state index >= 15 is 0 Å². The summed E-state index contributed by atoms with van der Waals surface area (Å²) in [5, 5.41) is 9.30. The zero-order chi connectivity index (χ0) is 28.1. The number of para-hydroxylation sites is 1. The van der Waals surface area contributed by atoms with Crippen molar-refractivity contribution in [2.45, 2.75) is 32.0 Å². The largest absolute Gasteiger partial charge is 0.489 e. The first kappa shape index (κ1) is 26.9. The number of carbonyl (C=O) groups is 1. The highest BCUT2D eigenvalue weighted by Gasteiger charge is 2.33. The van der Waals surface area contributed by atoms with Gasteiger partial charge in [-0.1, -0.05) is 78.9 Å². The van der Waals surface area contributed by atoms with Gasteiger partial charge in [0.2, 0.25) is 0 Å². The zero-order valence-corrected chi connectivity index (χ0v) is 21.5. The van der Waals surface area contributed by atoms with Crippen LogP contribution >= 0.6 is 0 Å². The maximum Gasteiger partial charge on any atom is 0.418 e. The molecule has 4 nitrogen and oxygen atoms in total. The van der Waals surface area contributed by atoms with Crippen LogP contribution in [0.1, 0.15) is 34.2 Å². The van der Waals surface area contributed by atoms with Crippen LogP contribution in [0.25, 0.3) is 22.0 Å². The predicted molar refractivity (Wildman–Crippen MR) is 148 cm³/mol. The summed E-state index contributed by atoms with van der Waals surface area (Å²) < 4.78 is 47.6. The molecule has 0 aliphatic carbocycles.